The molecule has 0 saturated heterocycles. The van der Waals surface area contributed by atoms with Gasteiger partial charge in [0.05, 0.1) is 5.52 Å². The molecule has 1 aromatic carbocycles. The SMILES string of the molecule is c1cncc(CNc2ncnc3ccc(-c4c[nH]c5ncccc45)cc23)c1. The largest absolute Gasteiger partial charge is 0.365 e. The number of aromatic nitrogens is 5. The van der Waals surface area contributed by atoms with E-state index in [4.69, 9.17) is 0 Å². The van der Waals surface area contributed by atoms with Crippen LogP contribution in [0.1, 0.15) is 5.56 Å². The summed E-state index contributed by atoms with van der Waals surface area (Å²) < 4.78 is 0. The molecule has 0 amide bonds. The summed E-state index contributed by atoms with van der Waals surface area (Å²) in [6.07, 6.45) is 8.98. The minimum atomic E-state index is 0.654. The van der Waals surface area contributed by atoms with Gasteiger partial charge in [-0.05, 0) is 41.5 Å². The van der Waals surface area contributed by atoms with E-state index in [9.17, 15) is 0 Å². The maximum Gasteiger partial charge on any atom is 0.137 e. The fraction of sp³-hybridized carbons (Fsp3) is 0.0476. The molecule has 0 bridgehead atoms. The Morgan fingerprint density at radius 1 is 0.926 bits per heavy atom. The zero-order chi connectivity index (χ0) is 18.1. The topological polar surface area (TPSA) is 79.4 Å². The Morgan fingerprint density at radius 2 is 1.89 bits per heavy atom. The second-order valence-electron chi connectivity index (χ2n) is 6.27. The first kappa shape index (κ1) is 15.5. The Bertz CT molecular complexity index is 1230. The summed E-state index contributed by atoms with van der Waals surface area (Å²) in [6.45, 7) is 0.654. The van der Waals surface area contributed by atoms with Crippen molar-refractivity contribution in [2.75, 3.05) is 5.32 Å². The minimum Gasteiger partial charge on any atom is -0.365 e. The summed E-state index contributed by atoms with van der Waals surface area (Å²) in [4.78, 5) is 20.6. The van der Waals surface area contributed by atoms with E-state index in [1.54, 1.807) is 18.7 Å². The Labute approximate surface area is 155 Å². The lowest BCUT2D eigenvalue weighted by atomic mass is 10.0. The van der Waals surface area contributed by atoms with E-state index in [0.717, 1.165) is 44.4 Å². The van der Waals surface area contributed by atoms with Gasteiger partial charge in [0, 0.05) is 47.7 Å². The van der Waals surface area contributed by atoms with Gasteiger partial charge in [0.15, 0.2) is 0 Å². The predicted octanol–water partition coefficient (Wildman–Crippen LogP) is 4.18. The summed E-state index contributed by atoms with van der Waals surface area (Å²) in [7, 11) is 0. The number of nitrogens with one attached hydrogen (secondary N) is 2. The normalized spacial score (nSPS) is 11.1. The maximum absolute atomic E-state index is 4.44. The number of hydrogen-bond donors (Lipinski definition) is 2. The standard InChI is InChI=1S/C21H16N6/c1-3-14(10-22-7-1)11-24-21-17-9-15(5-6-19(17)26-13-27-21)18-12-25-20-16(18)4-2-8-23-20/h1-10,12-13H,11H2,(H,23,25)(H,24,26,27). The van der Waals surface area contributed by atoms with Crippen LogP contribution in [0.2, 0.25) is 0 Å². The van der Waals surface area contributed by atoms with Crippen LogP contribution in [-0.4, -0.2) is 24.9 Å². The third-order valence-corrected chi connectivity index (χ3v) is 4.58. The summed E-state index contributed by atoms with van der Waals surface area (Å²) >= 11 is 0. The first-order valence-electron chi connectivity index (χ1n) is 8.68. The van der Waals surface area contributed by atoms with Crippen molar-refractivity contribution in [2.45, 2.75) is 6.54 Å². The molecule has 4 aromatic heterocycles. The van der Waals surface area contributed by atoms with Crippen LogP contribution in [0.5, 0.6) is 0 Å². The Morgan fingerprint density at radius 3 is 2.81 bits per heavy atom. The molecule has 0 fully saturated rings. The van der Waals surface area contributed by atoms with Crippen molar-refractivity contribution in [3.63, 3.8) is 0 Å². The van der Waals surface area contributed by atoms with Gasteiger partial charge in [0.2, 0.25) is 0 Å². The molecule has 27 heavy (non-hydrogen) atoms. The fourth-order valence-corrected chi connectivity index (χ4v) is 3.25. The second kappa shape index (κ2) is 6.49. The van der Waals surface area contributed by atoms with Gasteiger partial charge in [-0.3, -0.25) is 4.98 Å². The van der Waals surface area contributed by atoms with Gasteiger partial charge in [-0.25, -0.2) is 15.0 Å². The van der Waals surface area contributed by atoms with E-state index in [-0.39, 0.29) is 0 Å². The summed E-state index contributed by atoms with van der Waals surface area (Å²) in [5.74, 6) is 0.809. The molecule has 6 nitrogen and oxygen atoms in total. The monoisotopic (exact) mass is 352 g/mol. The van der Waals surface area contributed by atoms with Gasteiger partial charge in [-0.15, -0.1) is 0 Å². The highest BCUT2D eigenvalue weighted by molar-refractivity contribution is 5.98. The van der Waals surface area contributed by atoms with E-state index in [0.29, 0.717) is 6.54 Å². The van der Waals surface area contributed by atoms with Crippen molar-refractivity contribution in [3.8, 4) is 11.1 Å². The van der Waals surface area contributed by atoms with Crippen LogP contribution in [0, 0.1) is 0 Å². The first-order chi connectivity index (χ1) is 13.4. The van der Waals surface area contributed by atoms with Crippen LogP contribution in [0.3, 0.4) is 0 Å². The summed E-state index contributed by atoms with van der Waals surface area (Å²) in [6, 6.07) is 14.2. The third-order valence-electron chi connectivity index (χ3n) is 4.58. The van der Waals surface area contributed by atoms with Gasteiger partial charge < -0.3 is 10.3 Å². The molecule has 5 aromatic rings. The highest BCUT2D eigenvalue weighted by atomic mass is 15.0. The quantitative estimate of drug-likeness (QED) is 0.507. The smallest absolute Gasteiger partial charge is 0.137 e. The molecule has 0 atom stereocenters. The molecule has 6 heteroatoms. The van der Waals surface area contributed by atoms with Crippen LogP contribution in [0.25, 0.3) is 33.1 Å². The number of pyridine rings is 2. The summed E-state index contributed by atoms with van der Waals surface area (Å²) in [5, 5.41) is 5.48. The van der Waals surface area contributed by atoms with Crippen molar-refractivity contribution in [2.24, 2.45) is 0 Å². The number of benzene rings is 1. The van der Waals surface area contributed by atoms with Crippen molar-refractivity contribution in [1.82, 2.24) is 24.9 Å². The number of nitrogens with zero attached hydrogens (tertiary/aromatic N) is 4. The molecule has 0 aliphatic heterocycles. The maximum atomic E-state index is 4.44. The van der Waals surface area contributed by atoms with Gasteiger partial charge in [0.25, 0.3) is 0 Å². The lowest BCUT2D eigenvalue weighted by molar-refractivity contribution is 1.08. The van der Waals surface area contributed by atoms with Gasteiger partial charge >= 0.3 is 0 Å². The van der Waals surface area contributed by atoms with Crippen molar-refractivity contribution in [1.29, 1.82) is 0 Å². The second-order valence-corrected chi connectivity index (χ2v) is 6.27. The number of rotatable bonds is 4. The van der Waals surface area contributed by atoms with E-state index in [2.05, 4.69) is 48.4 Å². The van der Waals surface area contributed by atoms with E-state index in [1.807, 2.05) is 36.7 Å². The van der Waals surface area contributed by atoms with Crippen LogP contribution in [-0.2, 0) is 6.54 Å². The van der Waals surface area contributed by atoms with Crippen LogP contribution >= 0.6 is 0 Å². The molecule has 0 saturated carbocycles. The highest BCUT2D eigenvalue weighted by Gasteiger charge is 2.10. The lowest BCUT2D eigenvalue weighted by Crippen LogP contribution is -2.02. The Kier molecular flexibility index (Phi) is 3.72. The average molecular weight is 352 g/mol. The van der Waals surface area contributed by atoms with Crippen LogP contribution in [0.4, 0.5) is 5.82 Å². The number of H-pyrrole nitrogens is 1. The molecule has 4 heterocycles. The number of anilines is 1. The van der Waals surface area contributed by atoms with Gasteiger partial charge in [-0.2, -0.15) is 0 Å². The lowest BCUT2D eigenvalue weighted by Gasteiger charge is -2.09. The van der Waals surface area contributed by atoms with Gasteiger partial charge in [-0.1, -0.05) is 12.1 Å². The van der Waals surface area contributed by atoms with E-state index < -0.39 is 0 Å². The number of hydrogen-bond acceptors (Lipinski definition) is 5. The molecule has 0 aliphatic rings. The predicted molar refractivity (Wildman–Crippen MR) is 106 cm³/mol. The molecule has 0 radical (unpaired) electrons. The van der Waals surface area contributed by atoms with Crippen LogP contribution in [0.15, 0.2) is 73.6 Å². The van der Waals surface area contributed by atoms with Gasteiger partial charge in [0.1, 0.15) is 17.8 Å². The minimum absolute atomic E-state index is 0.654. The zero-order valence-corrected chi connectivity index (χ0v) is 14.4. The zero-order valence-electron chi connectivity index (χ0n) is 14.4. The molecule has 0 aliphatic carbocycles. The van der Waals surface area contributed by atoms with E-state index in [1.165, 1.54) is 0 Å². The Hall–Kier alpha value is -3.80. The molecule has 0 unspecified atom stereocenters. The fourth-order valence-electron chi connectivity index (χ4n) is 3.25. The molecule has 130 valence electrons. The molecule has 2 N–H and O–H groups in total. The highest BCUT2D eigenvalue weighted by Crippen LogP contribution is 2.31. The molecular formula is C21H16N6. The van der Waals surface area contributed by atoms with Crippen molar-refractivity contribution < 1.29 is 0 Å². The molecule has 0 spiro atoms. The molecule has 5 rings (SSSR count). The van der Waals surface area contributed by atoms with Crippen molar-refractivity contribution in [3.05, 3.63) is 79.1 Å². The third kappa shape index (κ3) is 2.87. The molecular weight excluding hydrogens is 336 g/mol. The summed E-state index contributed by atoms with van der Waals surface area (Å²) in [5.41, 5.74) is 5.10. The average Bonchev–Trinajstić information content (AvgIpc) is 3.17. The number of fused-ring (bicyclic) bond motifs is 2. The van der Waals surface area contributed by atoms with Crippen molar-refractivity contribution >= 4 is 27.8 Å². The van der Waals surface area contributed by atoms with E-state index >= 15 is 0 Å². The first-order valence-corrected chi connectivity index (χ1v) is 8.68. The number of aromatic amines is 1. The Balaban J connectivity index is 1.56. The van der Waals surface area contributed by atoms with Crippen LogP contribution < -0.4 is 5.32 Å².